The molecule has 0 saturated carbocycles. The van der Waals surface area contributed by atoms with E-state index in [-0.39, 0.29) is 18.9 Å². The number of rotatable bonds is 4. The molecule has 0 fully saturated rings. The Labute approximate surface area is 173 Å². The molecule has 3 rings (SSSR count). The monoisotopic (exact) mass is 410 g/mol. The van der Waals surface area contributed by atoms with E-state index in [4.69, 9.17) is 4.74 Å². The molecule has 3 N–H and O–H groups in total. The van der Waals surface area contributed by atoms with Crippen molar-refractivity contribution in [1.29, 1.82) is 0 Å². The van der Waals surface area contributed by atoms with Crippen molar-refractivity contribution in [2.75, 3.05) is 29.2 Å². The predicted octanol–water partition coefficient (Wildman–Crippen LogP) is 1.51. The minimum atomic E-state index is -0.941. The van der Waals surface area contributed by atoms with Crippen LogP contribution in [0.1, 0.15) is 13.3 Å². The van der Waals surface area contributed by atoms with E-state index < -0.39 is 23.8 Å². The van der Waals surface area contributed by atoms with Gasteiger partial charge in [-0.15, -0.1) is 0 Å². The summed E-state index contributed by atoms with van der Waals surface area (Å²) >= 11 is 0. The van der Waals surface area contributed by atoms with Crippen LogP contribution >= 0.6 is 0 Å². The van der Waals surface area contributed by atoms with Crippen molar-refractivity contribution >= 4 is 40.7 Å². The molecule has 0 bridgehead atoms. The Morgan fingerprint density at radius 3 is 2.50 bits per heavy atom. The molecule has 1 aliphatic heterocycles. The number of amides is 4. The molecule has 0 unspecified atom stereocenters. The fourth-order valence-corrected chi connectivity index (χ4v) is 3.15. The van der Waals surface area contributed by atoms with Gasteiger partial charge in [-0.05, 0) is 43.3 Å². The van der Waals surface area contributed by atoms with Gasteiger partial charge in [0.2, 0.25) is 11.8 Å². The van der Waals surface area contributed by atoms with Crippen LogP contribution in [0.5, 0.6) is 5.75 Å². The van der Waals surface area contributed by atoms with Crippen LogP contribution < -0.4 is 25.6 Å². The van der Waals surface area contributed by atoms with Crippen LogP contribution in [0.25, 0.3) is 0 Å². The molecule has 1 atom stereocenters. The summed E-state index contributed by atoms with van der Waals surface area (Å²) in [6.45, 7) is 1.36. The van der Waals surface area contributed by atoms with Gasteiger partial charge in [0.05, 0.1) is 25.0 Å². The largest absolute Gasteiger partial charge is 0.497 e. The highest BCUT2D eigenvalue weighted by molar-refractivity contribution is 6.40. The van der Waals surface area contributed by atoms with Crippen molar-refractivity contribution < 1.29 is 23.9 Å². The molecule has 2 aromatic rings. The Morgan fingerprint density at radius 1 is 1.10 bits per heavy atom. The van der Waals surface area contributed by atoms with Crippen LogP contribution in [-0.2, 0) is 19.2 Å². The molecule has 0 radical (unpaired) electrons. The zero-order valence-electron chi connectivity index (χ0n) is 16.6. The first kappa shape index (κ1) is 20.8. The highest BCUT2D eigenvalue weighted by Gasteiger charge is 2.29. The first-order chi connectivity index (χ1) is 14.4. The van der Waals surface area contributed by atoms with Gasteiger partial charge in [-0.25, -0.2) is 0 Å². The van der Waals surface area contributed by atoms with Crippen LogP contribution in [0, 0.1) is 0 Å². The Morgan fingerprint density at radius 2 is 1.80 bits per heavy atom. The third-order valence-corrected chi connectivity index (χ3v) is 4.58. The van der Waals surface area contributed by atoms with Crippen LogP contribution in [0.15, 0.2) is 48.5 Å². The van der Waals surface area contributed by atoms with E-state index in [9.17, 15) is 19.2 Å². The van der Waals surface area contributed by atoms with E-state index in [0.717, 1.165) is 0 Å². The molecule has 9 nitrogen and oxygen atoms in total. The van der Waals surface area contributed by atoms with Crippen LogP contribution in [0.3, 0.4) is 0 Å². The minimum Gasteiger partial charge on any atom is -0.497 e. The lowest BCUT2D eigenvalue weighted by atomic mass is 10.1. The minimum absolute atomic E-state index is 0.117. The molecule has 4 amide bonds. The van der Waals surface area contributed by atoms with Gasteiger partial charge in [0.1, 0.15) is 5.75 Å². The van der Waals surface area contributed by atoms with E-state index in [1.54, 1.807) is 55.5 Å². The molecule has 0 aliphatic carbocycles. The first-order valence-electron chi connectivity index (χ1n) is 9.33. The van der Waals surface area contributed by atoms with Gasteiger partial charge in [0.15, 0.2) is 0 Å². The van der Waals surface area contributed by atoms with Gasteiger partial charge in [0, 0.05) is 18.2 Å². The molecule has 0 aromatic heterocycles. The second-order valence-electron chi connectivity index (χ2n) is 6.75. The number of benzene rings is 2. The van der Waals surface area contributed by atoms with Gasteiger partial charge >= 0.3 is 11.8 Å². The Hall–Kier alpha value is -3.88. The molecular formula is C21H22N4O5. The first-order valence-corrected chi connectivity index (χ1v) is 9.33. The topological polar surface area (TPSA) is 117 Å². The number of fused-ring (bicyclic) bond motifs is 1. The van der Waals surface area contributed by atoms with E-state index in [2.05, 4.69) is 16.0 Å². The highest BCUT2D eigenvalue weighted by atomic mass is 16.5. The number of hydrogen-bond acceptors (Lipinski definition) is 5. The summed E-state index contributed by atoms with van der Waals surface area (Å²) in [6, 6.07) is 13.0. The van der Waals surface area contributed by atoms with E-state index >= 15 is 0 Å². The predicted molar refractivity (Wildman–Crippen MR) is 111 cm³/mol. The fraction of sp³-hybridized carbons (Fsp3) is 0.238. The lowest BCUT2D eigenvalue weighted by Crippen LogP contribution is -2.46. The average Bonchev–Trinajstić information content (AvgIpc) is 2.86. The summed E-state index contributed by atoms with van der Waals surface area (Å²) in [5, 5.41) is 7.55. The van der Waals surface area contributed by atoms with Gasteiger partial charge in [-0.3, -0.25) is 19.2 Å². The molecule has 0 spiro atoms. The number of ether oxygens (including phenoxy) is 1. The Bertz CT molecular complexity index is 974. The van der Waals surface area contributed by atoms with E-state index in [0.29, 0.717) is 22.8 Å². The number of anilines is 3. The number of para-hydroxylation sites is 2. The summed E-state index contributed by atoms with van der Waals surface area (Å²) in [6.07, 6.45) is 0.117. The summed E-state index contributed by atoms with van der Waals surface area (Å²) in [7, 11) is 1.52. The van der Waals surface area contributed by atoms with Gasteiger partial charge in [0.25, 0.3) is 0 Å². The molecule has 1 aliphatic rings. The SMILES string of the molecule is COc1ccc(NC(=O)C(=O)NCC(=O)N2c3ccccc3NC(=O)C[C@H]2C)cc1. The standard InChI is InChI=1S/C21H22N4O5/c1-13-11-18(26)24-16-5-3-4-6-17(16)25(13)19(27)12-22-20(28)21(29)23-14-7-9-15(30-2)10-8-14/h3-10,13H,11-12H2,1-2H3,(H,22,28)(H,23,29)(H,24,26)/t13-/m1/s1. The summed E-state index contributed by atoms with van der Waals surface area (Å²) in [5.41, 5.74) is 1.48. The van der Waals surface area contributed by atoms with E-state index in [1.165, 1.54) is 12.0 Å². The lowest BCUT2D eigenvalue weighted by molar-refractivity contribution is -0.136. The Kier molecular flexibility index (Phi) is 6.31. The third-order valence-electron chi connectivity index (χ3n) is 4.58. The third kappa shape index (κ3) is 4.75. The molecule has 2 aromatic carbocycles. The van der Waals surface area contributed by atoms with Gasteiger partial charge in [-0.2, -0.15) is 0 Å². The second-order valence-corrected chi connectivity index (χ2v) is 6.75. The van der Waals surface area contributed by atoms with Crippen molar-refractivity contribution in [2.45, 2.75) is 19.4 Å². The maximum absolute atomic E-state index is 12.8. The van der Waals surface area contributed by atoms with Crippen molar-refractivity contribution in [3.8, 4) is 5.75 Å². The quantitative estimate of drug-likeness (QED) is 0.661. The van der Waals surface area contributed by atoms with E-state index in [1.807, 2.05) is 0 Å². The number of carbonyl (C=O) groups excluding carboxylic acids is 4. The van der Waals surface area contributed by atoms with Crippen LogP contribution in [0.4, 0.5) is 17.1 Å². The Balaban J connectivity index is 1.63. The average molecular weight is 410 g/mol. The second kappa shape index (κ2) is 9.08. The molecular weight excluding hydrogens is 388 g/mol. The number of nitrogens with zero attached hydrogens (tertiary/aromatic N) is 1. The molecule has 9 heteroatoms. The normalized spacial score (nSPS) is 15.3. The molecule has 30 heavy (non-hydrogen) atoms. The van der Waals surface area contributed by atoms with Crippen LogP contribution in [0.2, 0.25) is 0 Å². The fourth-order valence-electron chi connectivity index (χ4n) is 3.15. The summed E-state index contributed by atoms with van der Waals surface area (Å²) < 4.78 is 5.03. The van der Waals surface area contributed by atoms with Crippen molar-refractivity contribution in [2.24, 2.45) is 0 Å². The lowest BCUT2D eigenvalue weighted by Gasteiger charge is -2.27. The number of hydrogen-bond donors (Lipinski definition) is 3. The van der Waals surface area contributed by atoms with Crippen molar-refractivity contribution in [3.63, 3.8) is 0 Å². The number of carbonyl (C=O) groups is 4. The number of nitrogens with one attached hydrogen (secondary N) is 3. The van der Waals surface area contributed by atoms with Crippen molar-refractivity contribution in [1.82, 2.24) is 5.32 Å². The maximum atomic E-state index is 12.8. The summed E-state index contributed by atoms with van der Waals surface area (Å²) in [4.78, 5) is 50.5. The zero-order chi connectivity index (χ0) is 21.7. The van der Waals surface area contributed by atoms with Crippen molar-refractivity contribution in [3.05, 3.63) is 48.5 Å². The smallest absolute Gasteiger partial charge is 0.313 e. The molecule has 0 saturated heterocycles. The maximum Gasteiger partial charge on any atom is 0.313 e. The molecule has 1 heterocycles. The number of methoxy groups -OCH3 is 1. The summed E-state index contributed by atoms with van der Waals surface area (Å²) in [5.74, 6) is -1.86. The zero-order valence-corrected chi connectivity index (χ0v) is 16.6. The molecule has 156 valence electrons. The van der Waals surface area contributed by atoms with Crippen LogP contribution in [-0.4, -0.2) is 43.3 Å². The van der Waals surface area contributed by atoms with Gasteiger partial charge < -0.3 is 25.6 Å². The van der Waals surface area contributed by atoms with Gasteiger partial charge in [-0.1, -0.05) is 12.1 Å². The highest BCUT2D eigenvalue weighted by Crippen LogP contribution is 2.31.